The van der Waals surface area contributed by atoms with Gasteiger partial charge in [0.25, 0.3) is 5.69 Å². The number of hydrogen-bond acceptors (Lipinski definition) is 2. The Morgan fingerprint density at radius 2 is 2.15 bits per heavy atom. The average Bonchev–Trinajstić information content (AvgIpc) is 2.87. The van der Waals surface area contributed by atoms with E-state index in [2.05, 4.69) is 15.9 Å². The molecule has 3 nitrogen and oxygen atoms in total. The molecule has 1 aromatic carbocycles. The summed E-state index contributed by atoms with van der Waals surface area (Å²) in [6.07, 6.45) is 2.41. The molecule has 1 fully saturated rings. The van der Waals surface area contributed by atoms with Gasteiger partial charge in [-0.1, -0.05) is 22.0 Å². The molecule has 0 radical (unpaired) electrons. The molecule has 1 aromatic rings. The second-order valence-corrected chi connectivity index (χ2v) is 4.09. The molecule has 1 aliphatic rings. The van der Waals surface area contributed by atoms with Gasteiger partial charge in [-0.3, -0.25) is 10.1 Å². The number of nitro benzene ring substituents is 1. The molecule has 13 heavy (non-hydrogen) atoms. The fourth-order valence-corrected chi connectivity index (χ4v) is 2.05. The van der Waals surface area contributed by atoms with Crippen LogP contribution < -0.4 is 0 Å². The van der Waals surface area contributed by atoms with E-state index in [1.165, 1.54) is 18.4 Å². The molecule has 2 rings (SSSR count). The molecule has 0 bridgehead atoms. The second kappa shape index (κ2) is 3.10. The van der Waals surface area contributed by atoms with Crippen molar-refractivity contribution in [3.63, 3.8) is 0 Å². The van der Waals surface area contributed by atoms with Crippen LogP contribution in [0.5, 0.6) is 0 Å². The standard InChI is InChI=1S/C9H8BrNO2/c10-9-5-7(11(12)13)3-4-8(9)6-1-2-6/h3-6H,1-2H2. The van der Waals surface area contributed by atoms with E-state index in [-0.39, 0.29) is 10.6 Å². The van der Waals surface area contributed by atoms with E-state index in [9.17, 15) is 10.1 Å². The molecule has 0 aromatic heterocycles. The van der Waals surface area contributed by atoms with Crippen molar-refractivity contribution in [2.24, 2.45) is 0 Å². The van der Waals surface area contributed by atoms with Crippen molar-refractivity contribution in [2.45, 2.75) is 18.8 Å². The number of benzene rings is 1. The summed E-state index contributed by atoms with van der Waals surface area (Å²) >= 11 is 3.35. The van der Waals surface area contributed by atoms with Crippen LogP contribution in [0.1, 0.15) is 24.3 Å². The predicted octanol–water partition coefficient (Wildman–Crippen LogP) is 3.23. The predicted molar refractivity (Wildman–Crippen MR) is 52.8 cm³/mol. The van der Waals surface area contributed by atoms with E-state index < -0.39 is 0 Å². The van der Waals surface area contributed by atoms with Gasteiger partial charge >= 0.3 is 0 Å². The Morgan fingerprint density at radius 1 is 1.46 bits per heavy atom. The second-order valence-electron chi connectivity index (χ2n) is 3.24. The fraction of sp³-hybridized carbons (Fsp3) is 0.333. The maximum absolute atomic E-state index is 10.4. The molecule has 0 N–H and O–H groups in total. The van der Waals surface area contributed by atoms with Crippen LogP contribution in [0.25, 0.3) is 0 Å². The molecule has 0 amide bonds. The van der Waals surface area contributed by atoms with E-state index >= 15 is 0 Å². The summed E-state index contributed by atoms with van der Waals surface area (Å²) in [7, 11) is 0. The number of nitro groups is 1. The lowest BCUT2D eigenvalue weighted by atomic mass is 10.1. The Labute approximate surface area is 84.0 Å². The highest BCUT2D eigenvalue weighted by Gasteiger charge is 2.26. The van der Waals surface area contributed by atoms with Gasteiger partial charge in [0.05, 0.1) is 4.92 Å². The largest absolute Gasteiger partial charge is 0.270 e. The van der Waals surface area contributed by atoms with E-state index in [4.69, 9.17) is 0 Å². The van der Waals surface area contributed by atoms with Crippen LogP contribution in [0, 0.1) is 10.1 Å². The zero-order chi connectivity index (χ0) is 9.42. The van der Waals surface area contributed by atoms with Crippen molar-refractivity contribution >= 4 is 21.6 Å². The van der Waals surface area contributed by atoms with Gasteiger partial charge in [-0.05, 0) is 24.3 Å². The first kappa shape index (κ1) is 8.69. The lowest BCUT2D eigenvalue weighted by Gasteiger charge is -2.00. The van der Waals surface area contributed by atoms with Gasteiger partial charge in [-0.15, -0.1) is 0 Å². The van der Waals surface area contributed by atoms with Crippen LogP contribution >= 0.6 is 15.9 Å². The third-order valence-corrected chi connectivity index (χ3v) is 2.90. The molecular weight excluding hydrogens is 234 g/mol. The van der Waals surface area contributed by atoms with Crippen molar-refractivity contribution in [3.8, 4) is 0 Å². The number of halogens is 1. The molecule has 68 valence electrons. The number of hydrogen-bond donors (Lipinski definition) is 0. The molecule has 0 aliphatic heterocycles. The summed E-state index contributed by atoms with van der Waals surface area (Å²) in [6, 6.07) is 4.99. The lowest BCUT2D eigenvalue weighted by molar-refractivity contribution is -0.384. The molecule has 0 atom stereocenters. The Bertz CT molecular complexity index is 361. The SMILES string of the molecule is O=[N+]([O-])c1ccc(C2CC2)c(Br)c1. The van der Waals surface area contributed by atoms with Gasteiger partial charge in [-0.2, -0.15) is 0 Å². The van der Waals surface area contributed by atoms with Gasteiger partial charge in [0.1, 0.15) is 0 Å². The quantitative estimate of drug-likeness (QED) is 0.590. The van der Waals surface area contributed by atoms with E-state index in [1.807, 2.05) is 6.07 Å². The Kier molecular flexibility index (Phi) is 2.07. The lowest BCUT2D eigenvalue weighted by Crippen LogP contribution is -1.89. The molecule has 0 spiro atoms. The summed E-state index contributed by atoms with van der Waals surface area (Å²) in [4.78, 5) is 10.1. The first-order valence-electron chi connectivity index (χ1n) is 4.12. The van der Waals surface area contributed by atoms with E-state index in [1.54, 1.807) is 12.1 Å². The molecular formula is C9H8BrNO2. The van der Waals surface area contributed by atoms with Crippen molar-refractivity contribution in [2.75, 3.05) is 0 Å². The minimum Gasteiger partial charge on any atom is -0.258 e. The van der Waals surface area contributed by atoms with E-state index in [0.29, 0.717) is 5.92 Å². The molecule has 1 aliphatic carbocycles. The molecule has 0 unspecified atom stereocenters. The summed E-state index contributed by atoms with van der Waals surface area (Å²) < 4.78 is 0.865. The third-order valence-electron chi connectivity index (χ3n) is 2.21. The minimum absolute atomic E-state index is 0.149. The Balaban J connectivity index is 2.36. The van der Waals surface area contributed by atoms with Gasteiger partial charge in [-0.25, -0.2) is 0 Å². The van der Waals surface area contributed by atoms with Crippen molar-refractivity contribution in [1.29, 1.82) is 0 Å². The highest BCUT2D eigenvalue weighted by Crippen LogP contribution is 2.43. The topological polar surface area (TPSA) is 43.1 Å². The van der Waals surface area contributed by atoms with Gasteiger partial charge in [0, 0.05) is 16.6 Å². The van der Waals surface area contributed by atoms with Gasteiger partial charge in [0.2, 0.25) is 0 Å². The third kappa shape index (κ3) is 1.72. The fourth-order valence-electron chi connectivity index (χ4n) is 1.36. The average molecular weight is 242 g/mol. The zero-order valence-corrected chi connectivity index (χ0v) is 8.45. The van der Waals surface area contributed by atoms with Crippen molar-refractivity contribution in [3.05, 3.63) is 38.3 Å². The first-order valence-corrected chi connectivity index (χ1v) is 4.91. The van der Waals surface area contributed by atoms with Crippen molar-refractivity contribution < 1.29 is 4.92 Å². The molecule has 1 saturated carbocycles. The maximum atomic E-state index is 10.4. The van der Waals surface area contributed by atoms with Crippen LogP contribution in [-0.4, -0.2) is 4.92 Å². The van der Waals surface area contributed by atoms with Crippen LogP contribution in [0.3, 0.4) is 0 Å². The molecule has 0 heterocycles. The van der Waals surface area contributed by atoms with Crippen LogP contribution in [0.15, 0.2) is 22.7 Å². The number of rotatable bonds is 2. The highest BCUT2D eigenvalue weighted by atomic mass is 79.9. The van der Waals surface area contributed by atoms with Crippen molar-refractivity contribution in [1.82, 2.24) is 0 Å². The maximum Gasteiger partial charge on any atom is 0.270 e. The monoisotopic (exact) mass is 241 g/mol. The zero-order valence-electron chi connectivity index (χ0n) is 6.87. The molecule has 0 saturated heterocycles. The minimum atomic E-state index is -0.374. The van der Waals surface area contributed by atoms with Crippen LogP contribution in [0.2, 0.25) is 0 Å². The van der Waals surface area contributed by atoms with Crippen LogP contribution in [-0.2, 0) is 0 Å². The summed E-state index contributed by atoms with van der Waals surface area (Å²) in [5.74, 6) is 0.621. The molecule has 4 heteroatoms. The van der Waals surface area contributed by atoms with Gasteiger partial charge in [0.15, 0.2) is 0 Å². The summed E-state index contributed by atoms with van der Waals surface area (Å²) in [5.41, 5.74) is 1.35. The summed E-state index contributed by atoms with van der Waals surface area (Å²) in [5, 5.41) is 10.4. The van der Waals surface area contributed by atoms with E-state index in [0.717, 1.165) is 4.47 Å². The Hall–Kier alpha value is -0.900. The summed E-state index contributed by atoms with van der Waals surface area (Å²) in [6.45, 7) is 0. The normalized spacial score (nSPS) is 15.8. The highest BCUT2D eigenvalue weighted by molar-refractivity contribution is 9.10. The number of nitrogens with zero attached hydrogens (tertiary/aromatic N) is 1. The smallest absolute Gasteiger partial charge is 0.258 e. The number of non-ortho nitro benzene ring substituents is 1. The van der Waals surface area contributed by atoms with Gasteiger partial charge < -0.3 is 0 Å². The Morgan fingerprint density at radius 3 is 2.62 bits per heavy atom. The first-order chi connectivity index (χ1) is 6.18. The van der Waals surface area contributed by atoms with Crippen LogP contribution in [0.4, 0.5) is 5.69 Å².